The lowest BCUT2D eigenvalue weighted by Crippen LogP contribution is -2.33. The summed E-state index contributed by atoms with van der Waals surface area (Å²) in [5.41, 5.74) is 0. The number of rotatable bonds is 27. The first kappa shape index (κ1) is 37.0. The summed E-state index contributed by atoms with van der Waals surface area (Å²) < 4.78 is 47.8. The van der Waals surface area contributed by atoms with Gasteiger partial charge >= 0.3 is 0 Å². The van der Waals surface area contributed by atoms with E-state index in [0.29, 0.717) is 12.8 Å². The first-order valence-electron chi connectivity index (χ1n) is 15.0. The highest BCUT2D eigenvalue weighted by Crippen LogP contribution is 2.32. The molecule has 0 spiro atoms. The molecule has 0 aromatic heterocycles. The second kappa shape index (κ2) is 25.4. The van der Waals surface area contributed by atoms with E-state index < -0.39 is 15.1 Å². The average Bonchev–Trinajstić information content (AvgIpc) is 2.79. The summed E-state index contributed by atoms with van der Waals surface area (Å²) >= 11 is 0. The van der Waals surface area contributed by atoms with Gasteiger partial charge in [0.15, 0.2) is 0 Å². The first-order chi connectivity index (χ1) is 16.4. The zero-order valence-electron chi connectivity index (χ0n) is 23.6. The van der Waals surface area contributed by atoms with Crippen LogP contribution in [0.15, 0.2) is 0 Å². The molecule has 0 rings (SSSR count). The van der Waals surface area contributed by atoms with E-state index in [4.69, 9.17) is 0 Å². The molecule has 1 atom stereocenters. The summed E-state index contributed by atoms with van der Waals surface area (Å²) in [7, 11) is -4.66. The Morgan fingerprint density at radius 3 is 0.886 bits per heavy atom. The third-order valence-corrected chi connectivity index (χ3v) is 8.60. The van der Waals surface area contributed by atoms with Gasteiger partial charge in [-0.15, -0.1) is 0 Å². The van der Waals surface area contributed by atoms with Crippen LogP contribution in [0, 0.1) is 0 Å². The van der Waals surface area contributed by atoms with E-state index in [9.17, 15) is 13.0 Å². The van der Waals surface area contributed by atoms with Gasteiger partial charge in [0.2, 0.25) is 5.00 Å². The lowest BCUT2D eigenvalue weighted by molar-refractivity contribution is 0.203. The van der Waals surface area contributed by atoms with Crippen LogP contribution in [0.1, 0.15) is 181 Å². The topological polar surface area (TPSA) is 89.4 Å². The summed E-state index contributed by atoms with van der Waals surface area (Å²) in [6, 6.07) is 0. The zero-order chi connectivity index (χ0) is 25.4. The SMILES string of the molecule is CCCCCCCCCCCCCCCCCCC(F)(CCCCCCCCCC)S(=O)(=O)O.N. The van der Waals surface area contributed by atoms with Gasteiger partial charge < -0.3 is 6.15 Å². The lowest BCUT2D eigenvalue weighted by atomic mass is 10.0. The van der Waals surface area contributed by atoms with E-state index in [0.717, 1.165) is 38.5 Å². The van der Waals surface area contributed by atoms with Crippen LogP contribution in [-0.4, -0.2) is 18.0 Å². The van der Waals surface area contributed by atoms with Crippen molar-refractivity contribution in [3.05, 3.63) is 0 Å². The van der Waals surface area contributed by atoms with Crippen LogP contribution >= 0.6 is 0 Å². The molecule has 0 fully saturated rings. The minimum atomic E-state index is -4.66. The van der Waals surface area contributed by atoms with Gasteiger partial charge in [-0.25, -0.2) is 4.39 Å². The molecule has 0 aliphatic heterocycles. The van der Waals surface area contributed by atoms with Gasteiger partial charge in [0.1, 0.15) is 0 Å². The fraction of sp³-hybridized carbons (Fsp3) is 1.00. The molecule has 0 aromatic rings. The number of hydrogen-bond donors (Lipinski definition) is 2. The third kappa shape index (κ3) is 22.7. The maximum Gasteiger partial charge on any atom is 0.300 e. The van der Waals surface area contributed by atoms with E-state index in [-0.39, 0.29) is 19.0 Å². The van der Waals surface area contributed by atoms with Crippen molar-refractivity contribution in [1.82, 2.24) is 6.15 Å². The molecule has 4 nitrogen and oxygen atoms in total. The molecule has 0 radical (unpaired) electrons. The van der Waals surface area contributed by atoms with Gasteiger partial charge in [0.25, 0.3) is 10.1 Å². The molecule has 0 saturated heterocycles. The van der Waals surface area contributed by atoms with Gasteiger partial charge in [-0.1, -0.05) is 155 Å². The standard InChI is InChI=1S/C29H59FO3S.H3N/c1-3-5-7-9-11-13-14-15-16-17-18-19-20-22-24-26-28-29(30,34(31,32)33)27-25-23-21-12-10-8-6-4-2;/h3-28H2,1-2H3,(H,31,32,33);1H3. The highest BCUT2D eigenvalue weighted by molar-refractivity contribution is 7.87. The summed E-state index contributed by atoms with van der Waals surface area (Å²) in [5, 5.41) is -2.45. The van der Waals surface area contributed by atoms with Gasteiger partial charge in [0.05, 0.1) is 0 Å². The molecule has 0 bridgehead atoms. The van der Waals surface area contributed by atoms with Crippen molar-refractivity contribution in [3.63, 3.8) is 0 Å². The Labute approximate surface area is 219 Å². The van der Waals surface area contributed by atoms with E-state index in [1.807, 2.05) is 0 Å². The monoisotopic (exact) mass is 523 g/mol. The highest BCUT2D eigenvalue weighted by atomic mass is 32.2. The Balaban J connectivity index is 0. The minimum absolute atomic E-state index is 0. The molecule has 6 heteroatoms. The maximum atomic E-state index is 15.0. The van der Waals surface area contributed by atoms with Crippen LogP contribution in [0.5, 0.6) is 0 Å². The molecule has 0 aliphatic rings. The Bertz CT molecular complexity index is 530. The number of halogens is 1. The van der Waals surface area contributed by atoms with Crippen LogP contribution in [-0.2, 0) is 10.1 Å². The van der Waals surface area contributed by atoms with Crippen LogP contribution in [0.25, 0.3) is 0 Å². The van der Waals surface area contributed by atoms with Crippen molar-refractivity contribution in [2.24, 2.45) is 0 Å². The quantitative estimate of drug-likeness (QED) is 0.0827. The second-order valence-electron chi connectivity index (χ2n) is 10.6. The maximum absolute atomic E-state index is 15.0. The van der Waals surface area contributed by atoms with Crippen LogP contribution in [0.2, 0.25) is 0 Å². The van der Waals surface area contributed by atoms with Crippen LogP contribution < -0.4 is 6.15 Å². The lowest BCUT2D eigenvalue weighted by Gasteiger charge is -2.22. The molecule has 0 aliphatic carbocycles. The number of alkyl halides is 1. The van der Waals surface area contributed by atoms with Crippen LogP contribution in [0.4, 0.5) is 4.39 Å². The predicted octanol–water partition coefficient (Wildman–Crippen LogP) is 10.9. The van der Waals surface area contributed by atoms with Gasteiger partial charge in [-0.2, -0.15) is 8.42 Å². The van der Waals surface area contributed by atoms with E-state index >= 15 is 4.39 Å². The van der Waals surface area contributed by atoms with E-state index in [1.54, 1.807) is 0 Å². The Hall–Kier alpha value is -0.200. The first-order valence-corrected chi connectivity index (χ1v) is 16.5. The minimum Gasteiger partial charge on any atom is -0.344 e. The van der Waals surface area contributed by atoms with Crippen molar-refractivity contribution in [3.8, 4) is 0 Å². The second-order valence-corrected chi connectivity index (χ2v) is 12.3. The molecular formula is C29H62FNO3S. The molecule has 1 unspecified atom stereocenters. The summed E-state index contributed by atoms with van der Waals surface area (Å²) in [6.07, 6.45) is 28.0. The average molecular weight is 524 g/mol. The molecule has 0 saturated carbocycles. The fourth-order valence-electron chi connectivity index (χ4n) is 4.84. The molecule has 214 valence electrons. The smallest absolute Gasteiger partial charge is 0.300 e. The van der Waals surface area contributed by atoms with Gasteiger partial charge in [-0.3, -0.25) is 4.55 Å². The Morgan fingerprint density at radius 1 is 0.486 bits per heavy atom. The molecule has 35 heavy (non-hydrogen) atoms. The predicted molar refractivity (Wildman–Crippen MR) is 152 cm³/mol. The van der Waals surface area contributed by atoms with Crippen molar-refractivity contribution in [2.75, 3.05) is 0 Å². The summed E-state index contributed by atoms with van der Waals surface area (Å²) in [4.78, 5) is 0. The third-order valence-electron chi connectivity index (χ3n) is 7.27. The zero-order valence-corrected chi connectivity index (χ0v) is 24.5. The molecule has 0 aromatic carbocycles. The largest absolute Gasteiger partial charge is 0.344 e. The Morgan fingerprint density at radius 2 is 0.686 bits per heavy atom. The van der Waals surface area contributed by atoms with Gasteiger partial charge in [-0.05, 0) is 25.7 Å². The molecule has 0 amide bonds. The van der Waals surface area contributed by atoms with Crippen molar-refractivity contribution >= 4 is 10.1 Å². The molecule has 4 N–H and O–H groups in total. The van der Waals surface area contributed by atoms with E-state index in [1.165, 1.54) is 103 Å². The molecular weight excluding hydrogens is 461 g/mol. The summed E-state index contributed by atoms with van der Waals surface area (Å²) in [6.45, 7) is 4.45. The molecule has 0 heterocycles. The van der Waals surface area contributed by atoms with Crippen molar-refractivity contribution < 1.29 is 17.4 Å². The van der Waals surface area contributed by atoms with E-state index in [2.05, 4.69) is 13.8 Å². The van der Waals surface area contributed by atoms with Crippen LogP contribution in [0.3, 0.4) is 0 Å². The van der Waals surface area contributed by atoms with Gasteiger partial charge in [0, 0.05) is 0 Å². The Kier molecular flexibility index (Phi) is 26.9. The normalized spacial score (nSPS) is 13.5. The highest BCUT2D eigenvalue weighted by Gasteiger charge is 2.42. The van der Waals surface area contributed by atoms with Crippen molar-refractivity contribution in [1.29, 1.82) is 0 Å². The van der Waals surface area contributed by atoms with Crippen molar-refractivity contribution in [2.45, 2.75) is 186 Å². The number of unbranched alkanes of at least 4 members (excludes halogenated alkanes) is 22. The fourth-order valence-corrected chi connectivity index (χ4v) is 5.65. The number of hydrogen-bond acceptors (Lipinski definition) is 3. The summed E-state index contributed by atoms with van der Waals surface area (Å²) in [5.74, 6) is 0.